The number of hydrogen-bond donors (Lipinski definition) is 5. The van der Waals surface area contributed by atoms with Gasteiger partial charge in [0.25, 0.3) is 5.91 Å². The Morgan fingerprint density at radius 3 is 2.44 bits per heavy atom. The van der Waals surface area contributed by atoms with Gasteiger partial charge < -0.3 is 21.2 Å². The van der Waals surface area contributed by atoms with Crippen LogP contribution in [-0.2, 0) is 14.8 Å². The van der Waals surface area contributed by atoms with Gasteiger partial charge in [0.2, 0.25) is 10.0 Å². The van der Waals surface area contributed by atoms with Gasteiger partial charge in [-0.05, 0) is 18.6 Å². The molecular weight excluding hydrogens is 503 g/mol. The Hall–Kier alpha value is -3.56. The molecule has 0 unspecified atom stereocenters. The van der Waals surface area contributed by atoms with Crippen LogP contribution < -0.4 is 27.0 Å². The van der Waals surface area contributed by atoms with Crippen LogP contribution in [0.5, 0.6) is 0 Å². The molecule has 3 rings (SSSR count). The van der Waals surface area contributed by atoms with Gasteiger partial charge in [-0.1, -0.05) is 13.0 Å². The molecule has 1 saturated heterocycles. The highest BCUT2D eigenvalue weighted by Crippen LogP contribution is 2.30. The standard InChI is InChI=1S/C21H26F3N7O4S/c1-2-10-36(33,34)30-15-11-14(22)16(23)19(17(15)24)27-21(32)13-5-3-4-12(18(13)28-26)20(25)29-31-6-8-35-9-7-31/h3-5,11,28,30H,2,6-10,26H2,1H3,(H2,25,29)(H,27,32). The number of nitrogen functional groups attached to an aromatic ring is 1. The normalized spacial score (nSPS) is 14.5. The second kappa shape index (κ2) is 11.5. The Morgan fingerprint density at radius 1 is 1.14 bits per heavy atom. The molecule has 7 N–H and O–H groups in total. The average molecular weight is 530 g/mol. The number of amides is 1. The number of nitrogens with zero attached hydrogens (tertiary/aromatic N) is 2. The predicted molar refractivity (Wildman–Crippen MR) is 129 cm³/mol. The molecule has 0 radical (unpaired) electrons. The quantitative estimate of drug-likeness (QED) is 0.108. The maximum atomic E-state index is 15.0. The fourth-order valence-electron chi connectivity index (χ4n) is 3.43. The number of benzene rings is 2. The molecule has 0 bridgehead atoms. The molecule has 0 aliphatic carbocycles. The molecular formula is C21H26F3N7O4S. The van der Waals surface area contributed by atoms with Crippen molar-refractivity contribution in [2.75, 3.05) is 47.5 Å². The Kier molecular flexibility index (Phi) is 8.60. The van der Waals surface area contributed by atoms with Crippen LogP contribution in [0.1, 0.15) is 29.3 Å². The zero-order valence-electron chi connectivity index (χ0n) is 19.3. The van der Waals surface area contributed by atoms with Crippen molar-refractivity contribution in [3.8, 4) is 0 Å². The predicted octanol–water partition coefficient (Wildman–Crippen LogP) is 1.75. The van der Waals surface area contributed by atoms with Crippen molar-refractivity contribution >= 4 is 38.8 Å². The molecule has 11 nitrogen and oxygen atoms in total. The summed E-state index contributed by atoms with van der Waals surface area (Å²) in [6, 6.07) is 4.60. The van der Waals surface area contributed by atoms with Gasteiger partial charge in [0.05, 0.1) is 49.0 Å². The maximum absolute atomic E-state index is 15.0. The minimum Gasteiger partial charge on any atom is -0.382 e. The fraction of sp³-hybridized carbons (Fsp3) is 0.333. The van der Waals surface area contributed by atoms with Crippen molar-refractivity contribution in [1.29, 1.82) is 0 Å². The van der Waals surface area contributed by atoms with E-state index < -0.39 is 44.8 Å². The highest BCUT2D eigenvalue weighted by atomic mass is 32.2. The first-order valence-corrected chi connectivity index (χ1v) is 12.5. The lowest BCUT2D eigenvalue weighted by atomic mass is 10.1. The highest BCUT2D eigenvalue weighted by Gasteiger charge is 2.25. The number of nitrogens with two attached hydrogens (primary N) is 2. The summed E-state index contributed by atoms with van der Waals surface area (Å²) in [5, 5.41) is 7.91. The lowest BCUT2D eigenvalue weighted by molar-refractivity contribution is 0.0393. The second-order valence-electron chi connectivity index (χ2n) is 7.71. The number of nitrogens with one attached hydrogen (secondary N) is 3. The van der Waals surface area contributed by atoms with Gasteiger partial charge in [0.1, 0.15) is 5.69 Å². The Labute approximate surface area is 205 Å². The van der Waals surface area contributed by atoms with E-state index in [1.54, 1.807) is 11.9 Å². The minimum atomic E-state index is -4.03. The molecule has 1 aliphatic heterocycles. The minimum absolute atomic E-state index is 0.00870. The largest absolute Gasteiger partial charge is 0.382 e. The second-order valence-corrected chi connectivity index (χ2v) is 9.55. The number of hydrazone groups is 1. The lowest BCUT2D eigenvalue weighted by Crippen LogP contribution is -2.34. The first kappa shape index (κ1) is 27.0. The number of carbonyl (C=O) groups excluding carboxylic acids is 1. The molecule has 196 valence electrons. The molecule has 0 spiro atoms. The molecule has 0 saturated carbocycles. The van der Waals surface area contributed by atoms with Crippen molar-refractivity contribution in [3.05, 3.63) is 52.8 Å². The number of morpholine rings is 1. The van der Waals surface area contributed by atoms with Gasteiger partial charge in [-0.25, -0.2) is 21.6 Å². The molecule has 15 heteroatoms. The van der Waals surface area contributed by atoms with Gasteiger partial charge in [-0.3, -0.25) is 20.4 Å². The third-order valence-electron chi connectivity index (χ3n) is 5.10. The first-order chi connectivity index (χ1) is 17.1. The van der Waals surface area contributed by atoms with Gasteiger partial charge in [0, 0.05) is 11.6 Å². The van der Waals surface area contributed by atoms with Crippen LogP contribution in [0.2, 0.25) is 0 Å². The van der Waals surface area contributed by atoms with Crippen molar-refractivity contribution in [3.63, 3.8) is 0 Å². The number of sulfonamides is 1. The molecule has 36 heavy (non-hydrogen) atoms. The fourth-order valence-corrected chi connectivity index (χ4v) is 4.55. The zero-order chi connectivity index (χ0) is 26.5. The topological polar surface area (TPSA) is 164 Å². The van der Waals surface area contributed by atoms with Crippen molar-refractivity contribution in [2.24, 2.45) is 16.7 Å². The number of anilines is 3. The summed E-state index contributed by atoms with van der Waals surface area (Å²) in [5.74, 6) is -0.638. The highest BCUT2D eigenvalue weighted by molar-refractivity contribution is 7.92. The number of carbonyl (C=O) groups is 1. The Bertz CT molecular complexity index is 1270. The summed E-state index contributed by atoms with van der Waals surface area (Å²) in [5.41, 5.74) is 6.42. The number of rotatable bonds is 9. The monoisotopic (exact) mass is 529 g/mol. The Balaban J connectivity index is 1.95. The van der Waals surface area contributed by atoms with Crippen molar-refractivity contribution < 1.29 is 31.1 Å². The van der Waals surface area contributed by atoms with Gasteiger partial charge in [0.15, 0.2) is 23.3 Å². The lowest BCUT2D eigenvalue weighted by Gasteiger charge is -2.24. The SMILES string of the molecule is CCCS(=O)(=O)Nc1cc(F)c(F)c(NC(=O)c2cccc(C(N)=NN3CCOCC3)c2NN)c1F. The summed E-state index contributed by atoms with van der Waals surface area (Å²) < 4.78 is 74.7. The van der Waals surface area contributed by atoms with E-state index in [9.17, 15) is 26.4 Å². The van der Waals surface area contributed by atoms with Crippen LogP contribution in [-0.4, -0.2) is 57.2 Å². The molecule has 1 fully saturated rings. The van der Waals surface area contributed by atoms with Crippen LogP contribution in [0.4, 0.5) is 30.2 Å². The number of para-hydroxylation sites is 1. The van der Waals surface area contributed by atoms with Crippen LogP contribution >= 0.6 is 0 Å². The van der Waals surface area contributed by atoms with Gasteiger partial charge in [-0.2, -0.15) is 5.10 Å². The van der Waals surface area contributed by atoms with Crippen molar-refractivity contribution in [2.45, 2.75) is 13.3 Å². The molecule has 2 aromatic rings. The smallest absolute Gasteiger partial charge is 0.257 e. The third-order valence-corrected chi connectivity index (χ3v) is 6.58. The van der Waals surface area contributed by atoms with E-state index in [1.165, 1.54) is 18.2 Å². The molecule has 2 aromatic carbocycles. The summed E-state index contributed by atoms with van der Waals surface area (Å²) in [6.07, 6.45) is 0.202. The van der Waals surface area contributed by atoms with E-state index in [1.807, 2.05) is 10.0 Å². The van der Waals surface area contributed by atoms with Gasteiger partial charge in [-0.15, -0.1) is 0 Å². The number of amidine groups is 1. The van der Waals surface area contributed by atoms with Gasteiger partial charge >= 0.3 is 0 Å². The summed E-state index contributed by atoms with van der Waals surface area (Å²) >= 11 is 0. The molecule has 0 aromatic heterocycles. The van der Waals surface area contributed by atoms with Crippen LogP contribution in [0.15, 0.2) is 29.4 Å². The molecule has 1 aliphatic rings. The number of hydrogen-bond acceptors (Lipinski definition) is 8. The molecule has 0 atom stereocenters. The summed E-state index contributed by atoms with van der Waals surface area (Å²) in [7, 11) is -4.03. The van der Waals surface area contributed by atoms with E-state index >= 15 is 0 Å². The van der Waals surface area contributed by atoms with Crippen LogP contribution in [0.3, 0.4) is 0 Å². The number of halogens is 3. The van der Waals surface area contributed by atoms with Crippen molar-refractivity contribution in [1.82, 2.24) is 5.01 Å². The summed E-state index contributed by atoms with van der Waals surface area (Å²) in [4.78, 5) is 13.0. The zero-order valence-corrected chi connectivity index (χ0v) is 20.1. The first-order valence-electron chi connectivity index (χ1n) is 10.8. The number of ether oxygens (including phenoxy) is 1. The van der Waals surface area contributed by atoms with E-state index in [0.717, 1.165) is 0 Å². The third kappa shape index (κ3) is 6.16. The average Bonchev–Trinajstić information content (AvgIpc) is 2.84. The molecule has 1 heterocycles. The van der Waals surface area contributed by atoms with Crippen LogP contribution in [0.25, 0.3) is 0 Å². The van der Waals surface area contributed by atoms with E-state index in [4.69, 9.17) is 16.3 Å². The van der Waals surface area contributed by atoms with E-state index in [-0.39, 0.29) is 34.8 Å². The van der Waals surface area contributed by atoms with Crippen LogP contribution in [0, 0.1) is 17.5 Å². The Morgan fingerprint density at radius 2 is 1.81 bits per heavy atom. The number of hydrazine groups is 1. The van der Waals surface area contributed by atoms with E-state index in [0.29, 0.717) is 32.4 Å². The van der Waals surface area contributed by atoms with E-state index in [2.05, 4.69) is 10.5 Å². The summed E-state index contributed by atoms with van der Waals surface area (Å²) in [6.45, 7) is 3.48. The molecule has 1 amide bonds. The maximum Gasteiger partial charge on any atom is 0.257 e.